The highest BCUT2D eigenvalue weighted by Gasteiger charge is 2.35. The van der Waals surface area contributed by atoms with E-state index in [4.69, 9.17) is 23.7 Å². The molecule has 1 amide bonds. The van der Waals surface area contributed by atoms with E-state index in [1.165, 1.54) is 0 Å². The predicted octanol–water partition coefficient (Wildman–Crippen LogP) is 3.92. The molecule has 0 aromatic heterocycles. The van der Waals surface area contributed by atoms with Crippen LogP contribution in [0.3, 0.4) is 0 Å². The number of hydrogen-bond donors (Lipinski definition) is 2. The number of rotatable bonds is 13. The number of piperidine rings is 1. The van der Waals surface area contributed by atoms with Crippen molar-refractivity contribution in [3.8, 4) is 5.75 Å². The zero-order valence-electron chi connectivity index (χ0n) is 26.1. The van der Waals surface area contributed by atoms with E-state index >= 15 is 0 Å². The van der Waals surface area contributed by atoms with Crippen molar-refractivity contribution >= 4 is 11.6 Å². The summed E-state index contributed by atoms with van der Waals surface area (Å²) in [6, 6.07) is 6.71. The Labute approximate surface area is 246 Å². The Kier molecular flexibility index (Phi) is 11.3. The summed E-state index contributed by atoms with van der Waals surface area (Å²) in [6.45, 7) is 14.2. The van der Waals surface area contributed by atoms with Gasteiger partial charge in [-0.1, -0.05) is 19.9 Å². The van der Waals surface area contributed by atoms with Crippen LogP contribution in [0.4, 0.5) is 5.69 Å². The molecule has 3 aliphatic rings. The second-order valence-corrected chi connectivity index (χ2v) is 13.2. The van der Waals surface area contributed by atoms with Gasteiger partial charge >= 0.3 is 0 Å². The topological polar surface area (TPSA) is 90.5 Å². The summed E-state index contributed by atoms with van der Waals surface area (Å²) in [5, 5.41) is 6.84. The van der Waals surface area contributed by atoms with Gasteiger partial charge in [-0.25, -0.2) is 0 Å². The highest BCUT2D eigenvalue weighted by Crippen LogP contribution is 2.38. The lowest BCUT2D eigenvalue weighted by Crippen LogP contribution is -2.49. The fourth-order valence-corrected chi connectivity index (χ4v) is 6.30. The number of hydrogen-bond acceptors (Lipinski definition) is 8. The fourth-order valence-electron chi connectivity index (χ4n) is 6.30. The molecule has 1 aromatic rings. The Balaban J connectivity index is 1.22. The molecule has 1 unspecified atom stereocenters. The van der Waals surface area contributed by atoms with E-state index in [1.807, 2.05) is 13.8 Å². The molecule has 0 spiro atoms. The first-order chi connectivity index (χ1) is 19.6. The molecule has 4 atom stereocenters. The molecule has 9 heteroatoms. The minimum absolute atomic E-state index is 0.0470. The van der Waals surface area contributed by atoms with Crippen LogP contribution in [0.5, 0.6) is 5.75 Å². The average molecular weight is 576 g/mol. The molecular formula is C32H53N3O6. The van der Waals surface area contributed by atoms with E-state index in [9.17, 15) is 4.79 Å². The maximum atomic E-state index is 13.1. The molecule has 0 bridgehead atoms. The van der Waals surface area contributed by atoms with Crippen molar-refractivity contribution in [2.75, 3.05) is 65.1 Å². The second-order valence-electron chi connectivity index (χ2n) is 13.2. The van der Waals surface area contributed by atoms with Crippen LogP contribution >= 0.6 is 0 Å². The smallest absolute Gasteiger partial charge is 0.225 e. The Morgan fingerprint density at radius 1 is 1.22 bits per heavy atom. The van der Waals surface area contributed by atoms with Crippen LogP contribution < -0.4 is 20.3 Å². The Bertz CT molecular complexity index is 978. The first-order valence-electron chi connectivity index (χ1n) is 15.4. The van der Waals surface area contributed by atoms with E-state index in [0.717, 1.165) is 82.0 Å². The lowest BCUT2D eigenvalue weighted by molar-refractivity contribution is -0.131. The molecule has 9 nitrogen and oxygen atoms in total. The third-order valence-electron chi connectivity index (χ3n) is 8.70. The van der Waals surface area contributed by atoms with E-state index in [2.05, 4.69) is 47.6 Å². The average Bonchev–Trinajstić information content (AvgIpc) is 2.95. The summed E-state index contributed by atoms with van der Waals surface area (Å²) in [5.41, 5.74) is 1.62. The van der Waals surface area contributed by atoms with Crippen LogP contribution in [0.1, 0.15) is 65.4 Å². The largest absolute Gasteiger partial charge is 0.484 e. The van der Waals surface area contributed by atoms with Crippen LogP contribution in [0.2, 0.25) is 0 Å². The molecule has 1 aromatic carbocycles. The van der Waals surface area contributed by atoms with Crippen LogP contribution in [-0.4, -0.2) is 90.0 Å². The number of anilines is 1. The number of nitrogens with zero attached hydrogens (tertiary/aromatic N) is 1. The summed E-state index contributed by atoms with van der Waals surface area (Å²) in [7, 11) is 3.46. The maximum absolute atomic E-state index is 13.1. The van der Waals surface area contributed by atoms with Gasteiger partial charge in [0.05, 0.1) is 37.7 Å². The van der Waals surface area contributed by atoms with Gasteiger partial charge in [0, 0.05) is 64.4 Å². The van der Waals surface area contributed by atoms with Crippen molar-refractivity contribution in [3.63, 3.8) is 0 Å². The Morgan fingerprint density at radius 2 is 2.05 bits per heavy atom. The Morgan fingerprint density at radius 3 is 2.78 bits per heavy atom. The van der Waals surface area contributed by atoms with Gasteiger partial charge in [0.25, 0.3) is 0 Å². The van der Waals surface area contributed by atoms with Crippen molar-refractivity contribution in [1.82, 2.24) is 10.6 Å². The van der Waals surface area contributed by atoms with Crippen molar-refractivity contribution in [2.24, 2.45) is 11.3 Å². The normalized spacial score (nSPS) is 26.2. The summed E-state index contributed by atoms with van der Waals surface area (Å²) in [4.78, 5) is 15.5. The van der Waals surface area contributed by atoms with Crippen LogP contribution in [0.25, 0.3) is 0 Å². The molecule has 3 aliphatic heterocycles. The van der Waals surface area contributed by atoms with Gasteiger partial charge in [-0.2, -0.15) is 0 Å². The second kappa shape index (κ2) is 14.5. The third-order valence-corrected chi connectivity index (χ3v) is 8.70. The number of nitrogens with one attached hydrogen (secondary N) is 2. The van der Waals surface area contributed by atoms with Crippen molar-refractivity contribution in [3.05, 3.63) is 23.8 Å². The fraction of sp³-hybridized carbons (Fsp3) is 0.781. The highest BCUT2D eigenvalue weighted by atomic mass is 16.5. The quantitative estimate of drug-likeness (QED) is 0.342. The molecular weight excluding hydrogens is 522 g/mol. The molecule has 0 saturated carbocycles. The van der Waals surface area contributed by atoms with E-state index < -0.39 is 5.41 Å². The first-order valence-corrected chi connectivity index (χ1v) is 15.4. The SMILES string of the molecule is COCCCN1CC(C)(C)Oc2ccc(CO[C@@H]3CC[C@@H](CC(C)(C)C(=O)NCC4CCOC[C@@H]4OC)NC3)cc21. The van der Waals surface area contributed by atoms with Gasteiger partial charge in [-0.05, 0) is 63.6 Å². The zero-order valence-corrected chi connectivity index (χ0v) is 26.1. The monoisotopic (exact) mass is 575 g/mol. The molecule has 0 aliphatic carbocycles. The lowest BCUT2D eigenvalue weighted by atomic mass is 9.82. The molecule has 2 fully saturated rings. The minimum atomic E-state index is -0.450. The molecule has 0 radical (unpaired) electrons. The summed E-state index contributed by atoms with van der Waals surface area (Å²) in [5.74, 6) is 1.34. The number of carbonyl (C=O) groups excluding carboxylic acids is 1. The number of amides is 1. The van der Waals surface area contributed by atoms with Crippen molar-refractivity contribution < 1.29 is 28.5 Å². The van der Waals surface area contributed by atoms with Gasteiger partial charge in [0.15, 0.2) is 0 Å². The molecule has 41 heavy (non-hydrogen) atoms. The minimum Gasteiger partial charge on any atom is -0.484 e. The number of ether oxygens (including phenoxy) is 5. The summed E-state index contributed by atoms with van der Waals surface area (Å²) < 4.78 is 28.9. The van der Waals surface area contributed by atoms with E-state index in [-0.39, 0.29) is 23.7 Å². The maximum Gasteiger partial charge on any atom is 0.225 e. The molecule has 232 valence electrons. The molecule has 3 heterocycles. The standard InChI is InChI=1S/C32H53N3O6/c1-31(2,30(36)34-18-24-12-15-39-21-29(24)38-6)17-25-9-10-26(19-33-25)40-20-23-8-11-28-27(16-23)35(13-7-14-37-5)22-32(3,4)41-28/h8,11,16,24-26,29,33H,7,9-10,12-15,17-22H2,1-6H3,(H,34,36)/t24?,25-,26+,29-/m0/s1. The van der Waals surface area contributed by atoms with Gasteiger partial charge < -0.3 is 39.2 Å². The number of benzene rings is 1. The molecule has 4 rings (SSSR count). The predicted molar refractivity (Wildman–Crippen MR) is 161 cm³/mol. The van der Waals surface area contributed by atoms with E-state index in [0.29, 0.717) is 31.7 Å². The molecule has 2 saturated heterocycles. The number of fused-ring (bicyclic) bond motifs is 1. The van der Waals surface area contributed by atoms with Crippen molar-refractivity contribution in [1.29, 1.82) is 0 Å². The van der Waals surface area contributed by atoms with E-state index in [1.54, 1.807) is 14.2 Å². The summed E-state index contributed by atoms with van der Waals surface area (Å²) in [6.07, 6.45) is 4.87. The third kappa shape index (κ3) is 9.04. The lowest BCUT2D eigenvalue weighted by Gasteiger charge is -2.41. The molecule has 2 N–H and O–H groups in total. The van der Waals surface area contributed by atoms with Gasteiger partial charge in [0.2, 0.25) is 5.91 Å². The number of methoxy groups -OCH3 is 2. The Hall–Kier alpha value is -1.91. The highest BCUT2D eigenvalue weighted by molar-refractivity contribution is 5.81. The van der Waals surface area contributed by atoms with Crippen LogP contribution in [-0.2, 0) is 30.3 Å². The summed E-state index contributed by atoms with van der Waals surface area (Å²) >= 11 is 0. The van der Waals surface area contributed by atoms with Gasteiger partial charge in [0.1, 0.15) is 11.4 Å². The van der Waals surface area contributed by atoms with Gasteiger partial charge in [-0.3, -0.25) is 4.79 Å². The zero-order chi connectivity index (χ0) is 29.5. The van der Waals surface area contributed by atoms with Crippen LogP contribution in [0, 0.1) is 11.3 Å². The number of carbonyl (C=O) groups is 1. The van der Waals surface area contributed by atoms with Crippen LogP contribution in [0.15, 0.2) is 18.2 Å². The first kappa shape index (κ1) is 32.0. The van der Waals surface area contributed by atoms with Crippen molar-refractivity contribution in [2.45, 2.75) is 90.3 Å². The van der Waals surface area contributed by atoms with Gasteiger partial charge in [-0.15, -0.1) is 0 Å².